The van der Waals surface area contributed by atoms with Crippen LogP contribution in [0.25, 0.3) is 0 Å². The van der Waals surface area contributed by atoms with E-state index in [1.165, 1.54) is 11.5 Å². The molecule has 2 heterocycles. The van der Waals surface area contributed by atoms with E-state index in [0.29, 0.717) is 0 Å². The van der Waals surface area contributed by atoms with Gasteiger partial charge >= 0.3 is 0 Å². The second-order valence-corrected chi connectivity index (χ2v) is 6.06. The molecule has 0 radical (unpaired) electrons. The van der Waals surface area contributed by atoms with E-state index in [-0.39, 0.29) is 0 Å². The molecule has 0 amide bonds. The minimum absolute atomic E-state index is 0.822. The van der Waals surface area contributed by atoms with E-state index < -0.39 is 0 Å². The summed E-state index contributed by atoms with van der Waals surface area (Å²) in [6.07, 6.45) is 0. The Hall–Kier alpha value is 0.0200. The van der Waals surface area contributed by atoms with Crippen LogP contribution >= 0.6 is 50.6 Å². The third-order valence-corrected chi connectivity index (χ3v) is 4.63. The van der Waals surface area contributed by atoms with E-state index >= 15 is 0 Å². The summed E-state index contributed by atoms with van der Waals surface area (Å²) in [5, 5.41) is 1.95. The second kappa shape index (κ2) is 4.04. The highest BCUT2D eigenvalue weighted by molar-refractivity contribution is 9.10. The van der Waals surface area contributed by atoms with Crippen LogP contribution in [-0.4, -0.2) is 14.3 Å². The molecule has 3 nitrogen and oxygen atoms in total. The first-order chi connectivity index (χ1) is 6.24. The molecule has 68 valence electrons. The Morgan fingerprint density at radius 1 is 1.38 bits per heavy atom. The summed E-state index contributed by atoms with van der Waals surface area (Å²) in [5.41, 5.74) is 0. The van der Waals surface area contributed by atoms with Crippen molar-refractivity contribution in [2.45, 2.75) is 15.6 Å². The molecular formula is C6H4BrN3S3. The molecule has 7 heteroatoms. The van der Waals surface area contributed by atoms with Crippen molar-refractivity contribution in [3.63, 3.8) is 0 Å². The third-order valence-electron chi connectivity index (χ3n) is 1.14. The largest absolute Gasteiger partial charge is 0.222 e. The van der Waals surface area contributed by atoms with Crippen molar-refractivity contribution in [3.8, 4) is 0 Å². The summed E-state index contributed by atoms with van der Waals surface area (Å²) in [6, 6.07) is 0. The summed E-state index contributed by atoms with van der Waals surface area (Å²) in [6.45, 7) is 1.89. The molecule has 0 aromatic carbocycles. The Balaban J connectivity index is 2.14. The number of aromatic nitrogens is 3. The van der Waals surface area contributed by atoms with Crippen molar-refractivity contribution in [2.24, 2.45) is 0 Å². The number of hydrogen-bond acceptors (Lipinski definition) is 6. The Morgan fingerprint density at radius 2 is 2.23 bits per heavy atom. The second-order valence-electron chi connectivity index (χ2n) is 2.15. The van der Waals surface area contributed by atoms with Crippen LogP contribution in [0.15, 0.2) is 18.7 Å². The van der Waals surface area contributed by atoms with Crippen molar-refractivity contribution >= 4 is 50.6 Å². The van der Waals surface area contributed by atoms with E-state index in [1.54, 1.807) is 23.1 Å². The summed E-state index contributed by atoms with van der Waals surface area (Å²) in [7, 11) is 0. The molecule has 2 aromatic heterocycles. The van der Waals surface area contributed by atoms with Gasteiger partial charge in [-0.25, -0.2) is 9.97 Å². The molecule has 0 aliphatic rings. The van der Waals surface area contributed by atoms with Crippen LogP contribution in [-0.2, 0) is 0 Å². The van der Waals surface area contributed by atoms with Gasteiger partial charge in [-0.2, -0.15) is 4.37 Å². The molecule has 0 fully saturated rings. The number of halogens is 1. The van der Waals surface area contributed by atoms with Gasteiger partial charge in [-0.15, -0.1) is 11.3 Å². The molecule has 0 aliphatic heterocycles. The first kappa shape index (κ1) is 9.57. The molecule has 13 heavy (non-hydrogen) atoms. The minimum atomic E-state index is 0.822. The highest BCUT2D eigenvalue weighted by Gasteiger charge is 2.06. The number of aryl methyl sites for hydroxylation is 1. The Morgan fingerprint density at radius 3 is 2.77 bits per heavy atom. The van der Waals surface area contributed by atoms with Crippen molar-refractivity contribution in [2.75, 3.05) is 0 Å². The zero-order valence-corrected chi connectivity index (χ0v) is 10.6. The van der Waals surface area contributed by atoms with Gasteiger partial charge in [0.1, 0.15) is 10.4 Å². The van der Waals surface area contributed by atoms with Gasteiger partial charge in [-0.1, -0.05) is 0 Å². The molecule has 0 spiro atoms. The maximum atomic E-state index is 4.25. The number of rotatable bonds is 2. The van der Waals surface area contributed by atoms with Gasteiger partial charge in [-0.05, 0) is 46.1 Å². The van der Waals surface area contributed by atoms with Crippen LogP contribution in [0.1, 0.15) is 5.82 Å². The predicted molar refractivity (Wildman–Crippen MR) is 58.6 cm³/mol. The Kier molecular flexibility index (Phi) is 2.97. The highest BCUT2D eigenvalue weighted by Crippen LogP contribution is 2.32. The van der Waals surface area contributed by atoms with E-state index in [4.69, 9.17) is 0 Å². The van der Waals surface area contributed by atoms with Gasteiger partial charge in [0.05, 0.1) is 0 Å². The van der Waals surface area contributed by atoms with Crippen LogP contribution in [0.5, 0.6) is 0 Å². The SMILES string of the molecule is Cc1nsc(Sc2nc(Br)cs2)n1. The lowest BCUT2D eigenvalue weighted by molar-refractivity contribution is 1.10. The average molecular weight is 294 g/mol. The molecule has 0 aliphatic carbocycles. The molecule has 0 bridgehead atoms. The van der Waals surface area contributed by atoms with Crippen LogP contribution in [0.3, 0.4) is 0 Å². The lowest BCUT2D eigenvalue weighted by atomic mass is 10.8. The van der Waals surface area contributed by atoms with Crippen molar-refractivity contribution < 1.29 is 0 Å². The monoisotopic (exact) mass is 293 g/mol. The van der Waals surface area contributed by atoms with E-state index in [1.807, 2.05) is 12.3 Å². The first-order valence-corrected chi connectivity index (χ1v) is 6.59. The summed E-state index contributed by atoms with van der Waals surface area (Å²) < 4.78 is 6.90. The smallest absolute Gasteiger partial charge is 0.177 e. The molecule has 0 N–H and O–H groups in total. The zero-order chi connectivity index (χ0) is 9.26. The van der Waals surface area contributed by atoms with Gasteiger partial charge < -0.3 is 0 Å². The average Bonchev–Trinajstić information content (AvgIpc) is 2.62. The first-order valence-electron chi connectivity index (χ1n) is 3.33. The Labute approximate surface area is 95.9 Å². The minimum Gasteiger partial charge on any atom is -0.222 e. The van der Waals surface area contributed by atoms with Crippen LogP contribution in [0, 0.1) is 6.92 Å². The van der Waals surface area contributed by atoms with Gasteiger partial charge in [-0.3, -0.25) is 0 Å². The van der Waals surface area contributed by atoms with E-state index in [0.717, 1.165) is 19.1 Å². The molecule has 0 atom stereocenters. The van der Waals surface area contributed by atoms with Crippen LogP contribution in [0.4, 0.5) is 0 Å². The fourth-order valence-corrected chi connectivity index (χ4v) is 3.90. The number of thiazole rings is 1. The van der Waals surface area contributed by atoms with Crippen molar-refractivity contribution in [1.82, 2.24) is 14.3 Å². The van der Waals surface area contributed by atoms with Gasteiger partial charge in [0.25, 0.3) is 0 Å². The number of nitrogens with zero attached hydrogens (tertiary/aromatic N) is 3. The molecule has 0 saturated carbocycles. The van der Waals surface area contributed by atoms with Crippen molar-refractivity contribution in [3.05, 3.63) is 15.8 Å². The standard InChI is InChI=1S/C6H4BrN3S3/c1-3-8-6(13-10-3)12-5-9-4(7)2-11-5/h2H,1H3. The molecule has 0 saturated heterocycles. The molecule has 0 unspecified atom stereocenters. The highest BCUT2D eigenvalue weighted by atomic mass is 79.9. The van der Waals surface area contributed by atoms with E-state index in [2.05, 4.69) is 30.3 Å². The quantitative estimate of drug-likeness (QED) is 0.852. The lowest BCUT2D eigenvalue weighted by Gasteiger charge is -1.86. The number of hydrogen-bond donors (Lipinski definition) is 0. The summed E-state index contributed by atoms with van der Waals surface area (Å²) >= 11 is 7.86. The van der Waals surface area contributed by atoms with E-state index in [9.17, 15) is 0 Å². The molecule has 2 aromatic rings. The van der Waals surface area contributed by atoms with Crippen LogP contribution < -0.4 is 0 Å². The van der Waals surface area contributed by atoms with Gasteiger partial charge in [0.15, 0.2) is 8.68 Å². The molecule has 2 rings (SSSR count). The van der Waals surface area contributed by atoms with Gasteiger partial charge in [0, 0.05) is 5.38 Å². The van der Waals surface area contributed by atoms with Crippen LogP contribution in [0.2, 0.25) is 0 Å². The summed E-state index contributed by atoms with van der Waals surface area (Å²) in [5.74, 6) is 0.822. The summed E-state index contributed by atoms with van der Waals surface area (Å²) in [4.78, 5) is 8.49. The molecular weight excluding hydrogens is 290 g/mol. The predicted octanol–water partition coefficient (Wildman–Crippen LogP) is 3.22. The Bertz CT molecular complexity index is 372. The third kappa shape index (κ3) is 2.49. The normalized spacial score (nSPS) is 10.6. The fourth-order valence-electron chi connectivity index (χ4n) is 0.680. The lowest BCUT2D eigenvalue weighted by Crippen LogP contribution is -1.72. The maximum Gasteiger partial charge on any atom is 0.177 e. The van der Waals surface area contributed by atoms with Crippen molar-refractivity contribution in [1.29, 1.82) is 0 Å². The zero-order valence-electron chi connectivity index (χ0n) is 6.52. The topological polar surface area (TPSA) is 38.7 Å². The fraction of sp³-hybridized carbons (Fsp3) is 0.167. The maximum absolute atomic E-state index is 4.25. The van der Waals surface area contributed by atoms with Gasteiger partial charge in [0.2, 0.25) is 0 Å².